The molecule has 1 heterocycles. The third-order valence-electron chi connectivity index (χ3n) is 3.08. The van der Waals surface area contributed by atoms with Gasteiger partial charge in [-0.1, -0.05) is 12.1 Å². The summed E-state index contributed by atoms with van der Waals surface area (Å²) in [6.45, 7) is 1.59. The predicted octanol–water partition coefficient (Wildman–Crippen LogP) is 1.69. The Hall–Kier alpha value is -3.14. The number of aryl methyl sites for hydroxylation is 1. The van der Waals surface area contributed by atoms with Crippen molar-refractivity contribution in [1.82, 2.24) is 4.57 Å². The van der Waals surface area contributed by atoms with E-state index in [-0.39, 0.29) is 23.7 Å². The molecular weight excluding hydrogens is 274 g/mol. The Morgan fingerprint density at radius 1 is 1.38 bits per heavy atom. The number of benzene rings is 1. The third-order valence-corrected chi connectivity index (χ3v) is 3.08. The largest absolute Gasteiger partial charge is 0.494 e. The van der Waals surface area contributed by atoms with E-state index in [1.54, 1.807) is 6.92 Å². The fourth-order valence-electron chi connectivity index (χ4n) is 1.95. The summed E-state index contributed by atoms with van der Waals surface area (Å²) in [6, 6.07) is 8.77. The van der Waals surface area contributed by atoms with Gasteiger partial charge in [0.15, 0.2) is 5.88 Å². The number of nitro groups is 1. The maximum Gasteiger partial charge on any atom is 0.271 e. The monoisotopic (exact) mass is 285 g/mol. The van der Waals surface area contributed by atoms with Gasteiger partial charge in [0.2, 0.25) is 0 Å². The molecule has 0 aliphatic carbocycles. The second-order valence-corrected chi connectivity index (χ2v) is 4.49. The van der Waals surface area contributed by atoms with Gasteiger partial charge in [-0.25, -0.2) is 0 Å². The first-order valence-corrected chi connectivity index (χ1v) is 6.01. The normalized spacial score (nSPS) is 10.1. The van der Waals surface area contributed by atoms with Crippen LogP contribution in [0.3, 0.4) is 0 Å². The van der Waals surface area contributed by atoms with Crippen LogP contribution in [0.2, 0.25) is 0 Å². The number of hydrogen-bond donors (Lipinski definition) is 1. The van der Waals surface area contributed by atoms with E-state index in [0.29, 0.717) is 11.1 Å². The number of rotatable bonds is 3. The van der Waals surface area contributed by atoms with Gasteiger partial charge < -0.3 is 5.11 Å². The summed E-state index contributed by atoms with van der Waals surface area (Å²) in [7, 11) is 0. The molecule has 2 rings (SSSR count). The van der Waals surface area contributed by atoms with Gasteiger partial charge in [-0.3, -0.25) is 19.5 Å². The van der Waals surface area contributed by atoms with Crippen molar-refractivity contribution in [3.05, 3.63) is 67.5 Å². The molecule has 0 spiro atoms. The van der Waals surface area contributed by atoms with Crippen molar-refractivity contribution in [3.63, 3.8) is 0 Å². The Balaban J connectivity index is 2.43. The fraction of sp³-hybridized carbons (Fsp3) is 0.143. The topological polar surface area (TPSA) is 109 Å². The Morgan fingerprint density at radius 3 is 2.52 bits per heavy atom. The Kier molecular flexibility index (Phi) is 3.71. The van der Waals surface area contributed by atoms with Crippen LogP contribution in [0, 0.1) is 28.4 Å². The van der Waals surface area contributed by atoms with Crippen molar-refractivity contribution in [2.45, 2.75) is 13.5 Å². The summed E-state index contributed by atoms with van der Waals surface area (Å²) in [5.41, 5.74) is 0.325. The van der Waals surface area contributed by atoms with Crippen LogP contribution in [0.25, 0.3) is 0 Å². The molecule has 7 nitrogen and oxygen atoms in total. The van der Waals surface area contributed by atoms with Crippen LogP contribution in [0.1, 0.15) is 16.7 Å². The number of nitrogens with zero attached hydrogens (tertiary/aromatic N) is 3. The van der Waals surface area contributed by atoms with Gasteiger partial charge in [0.25, 0.3) is 11.2 Å². The Bertz CT molecular complexity index is 801. The lowest BCUT2D eigenvalue weighted by molar-refractivity contribution is -0.384. The third kappa shape index (κ3) is 2.74. The van der Waals surface area contributed by atoms with E-state index in [4.69, 9.17) is 5.26 Å². The molecular formula is C14H11N3O4. The van der Waals surface area contributed by atoms with Gasteiger partial charge in [-0.15, -0.1) is 0 Å². The first-order valence-electron chi connectivity index (χ1n) is 6.01. The van der Waals surface area contributed by atoms with Crippen molar-refractivity contribution in [1.29, 1.82) is 5.26 Å². The zero-order chi connectivity index (χ0) is 15.6. The van der Waals surface area contributed by atoms with Crippen LogP contribution >= 0.6 is 0 Å². The SMILES string of the molecule is Cc1cc(O)n(Cc2ccc([N+](=O)[O-])cc2)c(=O)c1C#N. The average Bonchev–Trinajstić information content (AvgIpc) is 2.44. The van der Waals surface area contributed by atoms with Gasteiger partial charge in [-0.05, 0) is 18.1 Å². The van der Waals surface area contributed by atoms with E-state index in [2.05, 4.69) is 0 Å². The minimum Gasteiger partial charge on any atom is -0.494 e. The number of nitriles is 1. The molecule has 0 saturated heterocycles. The molecule has 0 aliphatic heterocycles. The summed E-state index contributed by atoms with van der Waals surface area (Å²) < 4.78 is 1.05. The van der Waals surface area contributed by atoms with Gasteiger partial charge in [0, 0.05) is 18.2 Å². The molecule has 0 aliphatic rings. The highest BCUT2D eigenvalue weighted by Gasteiger charge is 2.12. The van der Waals surface area contributed by atoms with Crippen LogP contribution < -0.4 is 5.56 Å². The zero-order valence-corrected chi connectivity index (χ0v) is 11.1. The molecule has 0 atom stereocenters. The van der Waals surface area contributed by atoms with Gasteiger partial charge >= 0.3 is 0 Å². The number of aromatic hydroxyl groups is 1. The van der Waals surface area contributed by atoms with E-state index < -0.39 is 10.5 Å². The van der Waals surface area contributed by atoms with E-state index in [1.807, 2.05) is 6.07 Å². The number of non-ortho nitro benzene ring substituents is 1. The molecule has 1 N–H and O–H groups in total. The van der Waals surface area contributed by atoms with Crippen molar-refractivity contribution in [2.75, 3.05) is 0 Å². The number of pyridine rings is 1. The standard InChI is InChI=1S/C14H11N3O4/c1-9-6-13(18)16(14(19)12(9)7-15)8-10-2-4-11(5-3-10)17(20)21/h2-6,18H,8H2,1H3. The molecule has 0 saturated carbocycles. The minimum atomic E-state index is -0.589. The van der Waals surface area contributed by atoms with Gasteiger partial charge in [-0.2, -0.15) is 5.26 Å². The smallest absolute Gasteiger partial charge is 0.271 e. The Morgan fingerprint density at radius 2 is 2.00 bits per heavy atom. The van der Waals surface area contributed by atoms with Crippen molar-refractivity contribution in [3.8, 4) is 11.9 Å². The molecule has 0 unspecified atom stereocenters. The van der Waals surface area contributed by atoms with Crippen LogP contribution in [-0.4, -0.2) is 14.6 Å². The maximum atomic E-state index is 12.1. The van der Waals surface area contributed by atoms with E-state index in [0.717, 1.165) is 4.57 Å². The summed E-state index contributed by atoms with van der Waals surface area (Å²) in [6.07, 6.45) is 0. The van der Waals surface area contributed by atoms with Crippen LogP contribution in [0.15, 0.2) is 35.1 Å². The molecule has 0 amide bonds. The van der Waals surface area contributed by atoms with Crippen LogP contribution in [0.5, 0.6) is 5.88 Å². The summed E-state index contributed by atoms with van der Waals surface area (Å²) in [5, 5.41) is 29.4. The lowest BCUT2D eigenvalue weighted by atomic mass is 10.1. The van der Waals surface area contributed by atoms with Crippen molar-refractivity contribution in [2.24, 2.45) is 0 Å². The quantitative estimate of drug-likeness (QED) is 0.681. The zero-order valence-electron chi connectivity index (χ0n) is 11.1. The molecule has 106 valence electrons. The molecule has 0 radical (unpaired) electrons. The number of nitro benzene ring substituents is 1. The van der Waals surface area contributed by atoms with E-state index in [9.17, 15) is 20.0 Å². The van der Waals surface area contributed by atoms with Gasteiger partial charge in [0.05, 0.1) is 11.5 Å². The van der Waals surface area contributed by atoms with Gasteiger partial charge in [0.1, 0.15) is 11.6 Å². The highest BCUT2D eigenvalue weighted by Crippen LogP contribution is 2.16. The highest BCUT2D eigenvalue weighted by atomic mass is 16.6. The minimum absolute atomic E-state index is 0.0254. The summed E-state index contributed by atoms with van der Waals surface area (Å²) in [5.74, 6) is -0.255. The number of hydrogen-bond acceptors (Lipinski definition) is 5. The summed E-state index contributed by atoms with van der Waals surface area (Å²) >= 11 is 0. The van der Waals surface area contributed by atoms with Crippen LogP contribution in [0.4, 0.5) is 5.69 Å². The fourth-order valence-corrected chi connectivity index (χ4v) is 1.95. The highest BCUT2D eigenvalue weighted by molar-refractivity contribution is 5.39. The molecule has 1 aromatic carbocycles. The predicted molar refractivity (Wildman–Crippen MR) is 74.0 cm³/mol. The van der Waals surface area contributed by atoms with Crippen molar-refractivity contribution >= 4 is 5.69 Å². The van der Waals surface area contributed by atoms with E-state index in [1.165, 1.54) is 30.3 Å². The molecule has 2 aromatic rings. The van der Waals surface area contributed by atoms with Crippen LogP contribution in [-0.2, 0) is 6.54 Å². The Labute approximate surface area is 119 Å². The first kappa shape index (κ1) is 14.3. The molecule has 0 bridgehead atoms. The molecule has 21 heavy (non-hydrogen) atoms. The maximum absolute atomic E-state index is 12.1. The molecule has 1 aromatic heterocycles. The molecule has 0 fully saturated rings. The first-order chi connectivity index (χ1) is 9.93. The van der Waals surface area contributed by atoms with E-state index >= 15 is 0 Å². The average molecular weight is 285 g/mol. The number of aromatic nitrogens is 1. The second-order valence-electron chi connectivity index (χ2n) is 4.49. The molecule has 7 heteroatoms. The lowest BCUT2D eigenvalue weighted by Gasteiger charge is -2.10. The second kappa shape index (κ2) is 5.46. The van der Waals surface area contributed by atoms with Crippen molar-refractivity contribution < 1.29 is 10.0 Å². The summed E-state index contributed by atoms with van der Waals surface area (Å²) in [4.78, 5) is 22.1. The lowest BCUT2D eigenvalue weighted by Crippen LogP contribution is -2.24.